The smallest absolute Gasteiger partial charge is 0.181 e. The predicted molar refractivity (Wildman–Crippen MR) is 169 cm³/mol. The van der Waals surface area contributed by atoms with Crippen LogP contribution in [0.3, 0.4) is 0 Å². The Bertz CT molecular complexity index is 1290. The van der Waals surface area contributed by atoms with Crippen LogP contribution in [0.1, 0.15) is 83.5 Å². The molecule has 7 heteroatoms. The van der Waals surface area contributed by atoms with Gasteiger partial charge in [-0.2, -0.15) is 0 Å². The first-order valence-corrected chi connectivity index (χ1v) is 16.7. The number of ether oxygens (including phenoxy) is 1. The first kappa shape index (κ1) is 29.6. The molecule has 0 aromatic carbocycles. The van der Waals surface area contributed by atoms with Crippen molar-refractivity contribution in [2.24, 2.45) is 0 Å². The van der Waals surface area contributed by atoms with Crippen LogP contribution in [0.4, 0.5) is 4.39 Å². The lowest BCUT2D eigenvalue weighted by molar-refractivity contribution is -0.00724. The van der Waals surface area contributed by atoms with E-state index in [9.17, 15) is 14.6 Å². The number of likely N-dealkylation sites (N-methyl/N-ethyl adjacent to an activating group) is 1. The lowest BCUT2D eigenvalue weighted by Crippen LogP contribution is -2.44. The van der Waals surface area contributed by atoms with Gasteiger partial charge in [0.05, 0.1) is 12.6 Å². The highest BCUT2D eigenvalue weighted by Crippen LogP contribution is 2.47. The average Bonchev–Trinajstić information content (AvgIpc) is 3.16. The topological polar surface area (TPSA) is 56.2 Å². The highest BCUT2D eigenvalue weighted by atomic mass is 32.2. The van der Waals surface area contributed by atoms with Gasteiger partial charge in [-0.05, 0) is 111 Å². The largest absolute Gasteiger partial charge is 0.493 e. The van der Waals surface area contributed by atoms with Gasteiger partial charge in [0.1, 0.15) is 18.2 Å². The fraction of sp³-hybridized carbons (Fsp3) is 0.543. The Balaban J connectivity index is 1.39. The zero-order valence-electron chi connectivity index (χ0n) is 24.9. The summed E-state index contributed by atoms with van der Waals surface area (Å²) in [5.74, 6) is 0.546. The number of fused-ring (bicyclic) bond motifs is 1. The number of aliphatic hydroxyl groups excluding tert-OH is 1. The van der Waals surface area contributed by atoms with E-state index in [0.29, 0.717) is 18.3 Å². The number of hydrogen-bond acceptors (Lipinski definition) is 6. The maximum absolute atomic E-state index is 14.6. The molecule has 5 nitrogen and oxygen atoms in total. The summed E-state index contributed by atoms with van der Waals surface area (Å²) >= 11 is 1.95. The molecule has 2 fully saturated rings. The van der Waals surface area contributed by atoms with Crippen molar-refractivity contribution in [1.82, 2.24) is 9.21 Å². The van der Waals surface area contributed by atoms with E-state index in [1.54, 1.807) is 11.6 Å². The molecule has 1 saturated heterocycles. The van der Waals surface area contributed by atoms with E-state index in [2.05, 4.69) is 52.7 Å². The molecule has 0 aromatic rings. The van der Waals surface area contributed by atoms with E-state index in [1.807, 2.05) is 11.9 Å². The number of hydrogen-bond donors (Lipinski definition) is 2. The summed E-state index contributed by atoms with van der Waals surface area (Å²) in [6.45, 7) is 1.45. The normalized spacial score (nSPS) is 27.2. The van der Waals surface area contributed by atoms with Gasteiger partial charge in [0, 0.05) is 42.1 Å². The summed E-state index contributed by atoms with van der Waals surface area (Å²) < 4.78 is 23.7. The van der Waals surface area contributed by atoms with Crippen molar-refractivity contribution in [2.75, 3.05) is 20.2 Å². The Morgan fingerprint density at radius 1 is 1.02 bits per heavy atom. The summed E-state index contributed by atoms with van der Waals surface area (Å²) in [4.78, 5) is 2.68. The maximum atomic E-state index is 14.6. The average molecular weight is 593 g/mol. The second kappa shape index (κ2) is 13.4. The minimum absolute atomic E-state index is 0.0149. The van der Waals surface area contributed by atoms with E-state index in [0.717, 1.165) is 62.0 Å². The van der Waals surface area contributed by atoms with Gasteiger partial charge < -0.3 is 24.2 Å². The van der Waals surface area contributed by atoms with Gasteiger partial charge in [0.25, 0.3) is 0 Å². The zero-order valence-corrected chi connectivity index (χ0v) is 25.7. The molecule has 0 radical (unpaired) electrons. The molecule has 0 spiro atoms. The first-order valence-electron chi connectivity index (χ1n) is 15.9. The standard InChI is InChI=1S/C35H45FN2O3S/c1-37-32(25-13-7-3-8-14-25)22-38(27-15-9-4-10-16-27)31-21-33(41-23-24-11-5-2-6-12-24)28(20-34(31)42-37)26-17-18-30(36)29(19-26)35(39)40/h4-5,9,11-12,15,19,31,34-35,39-40H,2-3,6-8,10,13-14,16-18,20-23H2,1H3. The Labute approximate surface area is 254 Å². The molecule has 0 bridgehead atoms. The van der Waals surface area contributed by atoms with Crippen LogP contribution >= 0.6 is 11.9 Å². The quantitative estimate of drug-likeness (QED) is 0.244. The molecule has 1 aliphatic heterocycles. The van der Waals surface area contributed by atoms with Gasteiger partial charge >= 0.3 is 0 Å². The molecule has 42 heavy (non-hydrogen) atoms. The molecule has 2 atom stereocenters. The summed E-state index contributed by atoms with van der Waals surface area (Å²) in [7, 11) is 2.24. The number of aliphatic hydroxyl groups is 2. The summed E-state index contributed by atoms with van der Waals surface area (Å²) in [6.07, 6.45) is 26.1. The van der Waals surface area contributed by atoms with Crippen molar-refractivity contribution in [1.29, 1.82) is 0 Å². The summed E-state index contributed by atoms with van der Waals surface area (Å²) in [5, 5.41) is 20.1. The Hall–Kier alpha value is -2.48. The van der Waals surface area contributed by atoms with Gasteiger partial charge in [0.2, 0.25) is 0 Å². The molecule has 226 valence electrons. The monoisotopic (exact) mass is 592 g/mol. The maximum Gasteiger partial charge on any atom is 0.181 e. The van der Waals surface area contributed by atoms with Crippen molar-refractivity contribution >= 4 is 11.9 Å². The van der Waals surface area contributed by atoms with Crippen LogP contribution in [0.5, 0.6) is 0 Å². The Morgan fingerprint density at radius 3 is 2.62 bits per heavy atom. The van der Waals surface area contributed by atoms with E-state index >= 15 is 0 Å². The van der Waals surface area contributed by atoms with Crippen LogP contribution in [-0.2, 0) is 4.74 Å². The fourth-order valence-corrected chi connectivity index (χ4v) is 8.63. The minimum atomic E-state index is -1.82. The van der Waals surface area contributed by atoms with Crippen LogP contribution in [0.25, 0.3) is 0 Å². The summed E-state index contributed by atoms with van der Waals surface area (Å²) in [5.41, 5.74) is 7.77. The van der Waals surface area contributed by atoms with E-state index < -0.39 is 12.1 Å². The predicted octanol–water partition coefficient (Wildman–Crippen LogP) is 7.67. The minimum Gasteiger partial charge on any atom is -0.493 e. The van der Waals surface area contributed by atoms with Crippen LogP contribution in [0.2, 0.25) is 0 Å². The highest BCUT2D eigenvalue weighted by molar-refractivity contribution is 7.97. The first-order chi connectivity index (χ1) is 20.5. The van der Waals surface area contributed by atoms with Gasteiger partial charge in [-0.15, -0.1) is 0 Å². The molecular weight excluding hydrogens is 547 g/mol. The van der Waals surface area contributed by atoms with Crippen LogP contribution < -0.4 is 0 Å². The third-order valence-corrected chi connectivity index (χ3v) is 10.9. The molecule has 1 saturated carbocycles. The third kappa shape index (κ3) is 6.53. The number of rotatable bonds is 6. The molecule has 1 heterocycles. The number of halogens is 1. The van der Waals surface area contributed by atoms with E-state index in [4.69, 9.17) is 4.74 Å². The fourth-order valence-electron chi connectivity index (χ4n) is 7.29. The lowest BCUT2D eigenvalue weighted by atomic mass is 9.83. The molecule has 0 aromatic heterocycles. The molecule has 2 N–H and O–H groups in total. The number of nitrogens with zero attached hydrogens (tertiary/aromatic N) is 2. The van der Waals surface area contributed by atoms with Gasteiger partial charge in [0.15, 0.2) is 6.29 Å². The second-order valence-corrected chi connectivity index (χ2v) is 13.7. The number of allylic oxidation sites excluding steroid dienone is 10. The molecule has 6 aliphatic rings. The van der Waals surface area contributed by atoms with Crippen molar-refractivity contribution in [3.05, 3.63) is 93.4 Å². The van der Waals surface area contributed by atoms with Crippen LogP contribution in [0, 0.1) is 0 Å². The van der Waals surface area contributed by atoms with Crippen LogP contribution in [0.15, 0.2) is 93.4 Å². The lowest BCUT2D eigenvalue weighted by Gasteiger charge is -2.42. The molecule has 2 unspecified atom stereocenters. The molecular formula is C35H45FN2O3S. The molecule has 0 amide bonds. The SMILES string of the molecule is CN1SC2CC(C3=CC(C(O)O)=C(F)CC3)=C(OCC3=CCCC=C3)CC2N(C2=CC=CCC2)CC1=C1CCCCC1. The van der Waals surface area contributed by atoms with Crippen molar-refractivity contribution in [3.8, 4) is 0 Å². The van der Waals surface area contributed by atoms with E-state index in [1.165, 1.54) is 49.1 Å². The zero-order chi connectivity index (χ0) is 29.1. The van der Waals surface area contributed by atoms with Gasteiger partial charge in [-0.25, -0.2) is 4.39 Å². The van der Waals surface area contributed by atoms with E-state index in [-0.39, 0.29) is 18.0 Å². The second-order valence-electron chi connectivity index (χ2n) is 12.3. The molecule has 6 rings (SSSR count). The van der Waals surface area contributed by atoms with Crippen molar-refractivity contribution in [2.45, 2.75) is 101 Å². The third-order valence-electron chi connectivity index (χ3n) is 9.59. The van der Waals surface area contributed by atoms with Crippen molar-refractivity contribution in [3.63, 3.8) is 0 Å². The van der Waals surface area contributed by atoms with Crippen LogP contribution in [-0.4, -0.2) is 57.2 Å². The van der Waals surface area contributed by atoms with Crippen molar-refractivity contribution < 1.29 is 19.3 Å². The Morgan fingerprint density at radius 2 is 1.88 bits per heavy atom. The Kier molecular flexibility index (Phi) is 9.47. The van der Waals surface area contributed by atoms with Gasteiger partial charge in [-0.3, -0.25) is 0 Å². The summed E-state index contributed by atoms with van der Waals surface area (Å²) in [6, 6.07) is 0.269. The highest BCUT2D eigenvalue weighted by Gasteiger charge is 2.42. The van der Waals surface area contributed by atoms with Gasteiger partial charge in [-0.1, -0.05) is 36.8 Å². The molecule has 5 aliphatic carbocycles.